The third-order valence-electron chi connectivity index (χ3n) is 3.23. The van der Waals surface area contributed by atoms with Crippen LogP contribution in [0, 0.1) is 6.92 Å². The first-order chi connectivity index (χ1) is 11.0. The highest BCUT2D eigenvalue weighted by atomic mass is 32.2. The molecule has 2 heterocycles. The number of anilines is 1. The van der Waals surface area contributed by atoms with Crippen molar-refractivity contribution in [2.45, 2.75) is 11.8 Å². The van der Waals surface area contributed by atoms with Gasteiger partial charge in [-0.2, -0.15) is 0 Å². The Morgan fingerprint density at radius 2 is 1.87 bits per heavy atom. The minimum atomic E-state index is -3.93. The Hall–Kier alpha value is -2.87. The van der Waals surface area contributed by atoms with Crippen LogP contribution < -0.4 is 10.0 Å². The van der Waals surface area contributed by atoms with Crippen molar-refractivity contribution in [1.82, 2.24) is 14.1 Å². The smallest absolute Gasteiger partial charge is 0.305 e. The summed E-state index contributed by atoms with van der Waals surface area (Å²) in [6.07, 6.45) is 5.08. The third-order valence-corrected chi connectivity index (χ3v) is 4.57. The molecule has 8 heteroatoms. The first-order valence-electron chi connectivity index (χ1n) is 6.78. The maximum absolute atomic E-state index is 12.2. The molecule has 0 aliphatic rings. The van der Waals surface area contributed by atoms with Crippen LogP contribution in [0.3, 0.4) is 0 Å². The van der Waals surface area contributed by atoms with E-state index in [4.69, 9.17) is 0 Å². The van der Waals surface area contributed by atoms with E-state index in [9.17, 15) is 13.2 Å². The lowest BCUT2D eigenvalue weighted by atomic mass is 10.2. The van der Waals surface area contributed by atoms with E-state index in [0.29, 0.717) is 11.3 Å². The van der Waals surface area contributed by atoms with Crippen LogP contribution in [0.25, 0.3) is 5.65 Å². The van der Waals surface area contributed by atoms with Crippen LogP contribution in [0.2, 0.25) is 0 Å². The molecule has 0 saturated heterocycles. The number of amides is 2. The molecule has 2 aromatic heterocycles. The number of hydrogen-bond acceptors (Lipinski definition) is 4. The van der Waals surface area contributed by atoms with Gasteiger partial charge in [0.15, 0.2) is 5.65 Å². The monoisotopic (exact) mass is 330 g/mol. The third kappa shape index (κ3) is 3.16. The summed E-state index contributed by atoms with van der Waals surface area (Å²) in [6, 6.07) is 8.73. The fraction of sp³-hybridized carbons (Fsp3) is 0.0667. The molecule has 7 nitrogen and oxygen atoms in total. The van der Waals surface area contributed by atoms with Crippen LogP contribution >= 0.6 is 0 Å². The largest absolute Gasteiger partial charge is 0.333 e. The lowest BCUT2D eigenvalue weighted by Gasteiger charge is -2.09. The molecular weight excluding hydrogens is 316 g/mol. The number of imidazole rings is 1. The summed E-state index contributed by atoms with van der Waals surface area (Å²) in [7, 11) is -3.93. The van der Waals surface area contributed by atoms with Gasteiger partial charge < -0.3 is 9.72 Å². The van der Waals surface area contributed by atoms with Crippen LogP contribution in [-0.4, -0.2) is 23.8 Å². The second-order valence-corrected chi connectivity index (χ2v) is 6.64. The SMILES string of the molecule is Cc1ccc(S(=O)(=O)NC(=O)Nc2cccn3ccnc23)cc1. The van der Waals surface area contributed by atoms with Gasteiger partial charge in [0.1, 0.15) is 0 Å². The number of aromatic nitrogens is 2. The quantitative estimate of drug-likeness (QED) is 0.769. The molecular formula is C15H14N4O3S. The van der Waals surface area contributed by atoms with E-state index >= 15 is 0 Å². The van der Waals surface area contributed by atoms with Crippen molar-refractivity contribution in [3.8, 4) is 0 Å². The zero-order chi connectivity index (χ0) is 16.4. The second-order valence-electron chi connectivity index (χ2n) is 4.95. The Kier molecular flexibility index (Phi) is 3.75. The van der Waals surface area contributed by atoms with E-state index in [0.717, 1.165) is 5.56 Å². The predicted octanol–water partition coefficient (Wildman–Crippen LogP) is 2.15. The predicted molar refractivity (Wildman–Crippen MR) is 85.7 cm³/mol. The topological polar surface area (TPSA) is 92.6 Å². The standard InChI is InChI=1S/C15H14N4O3S/c1-11-4-6-12(7-5-11)23(21,22)18-15(20)17-13-3-2-9-19-10-8-16-14(13)19/h2-10H,1H3,(H2,17,18,20). The molecule has 3 rings (SSSR count). The van der Waals surface area contributed by atoms with Gasteiger partial charge in [-0.05, 0) is 31.2 Å². The number of sulfonamides is 1. The van der Waals surface area contributed by atoms with Crippen molar-refractivity contribution in [1.29, 1.82) is 0 Å². The van der Waals surface area contributed by atoms with Crippen molar-refractivity contribution in [3.63, 3.8) is 0 Å². The van der Waals surface area contributed by atoms with Crippen LogP contribution in [0.5, 0.6) is 0 Å². The van der Waals surface area contributed by atoms with Gasteiger partial charge in [0, 0.05) is 18.6 Å². The molecule has 23 heavy (non-hydrogen) atoms. The van der Waals surface area contributed by atoms with E-state index in [2.05, 4.69) is 10.3 Å². The number of benzene rings is 1. The molecule has 2 N–H and O–H groups in total. The van der Waals surface area contributed by atoms with Crippen molar-refractivity contribution in [2.24, 2.45) is 0 Å². The molecule has 1 aromatic carbocycles. The average Bonchev–Trinajstić information content (AvgIpc) is 2.96. The van der Waals surface area contributed by atoms with Crippen LogP contribution in [-0.2, 0) is 10.0 Å². The molecule has 118 valence electrons. The Morgan fingerprint density at radius 3 is 2.61 bits per heavy atom. The molecule has 0 atom stereocenters. The molecule has 0 bridgehead atoms. The van der Waals surface area contributed by atoms with Gasteiger partial charge in [-0.15, -0.1) is 0 Å². The van der Waals surface area contributed by atoms with Crippen molar-refractivity contribution in [3.05, 3.63) is 60.6 Å². The molecule has 3 aromatic rings. The summed E-state index contributed by atoms with van der Waals surface area (Å²) in [6.45, 7) is 1.85. The van der Waals surface area contributed by atoms with Crippen molar-refractivity contribution in [2.75, 3.05) is 5.32 Å². The van der Waals surface area contributed by atoms with Gasteiger partial charge in [0.2, 0.25) is 0 Å². The first kappa shape index (κ1) is 15.0. The van der Waals surface area contributed by atoms with Gasteiger partial charge in [-0.3, -0.25) is 0 Å². The highest BCUT2D eigenvalue weighted by Gasteiger charge is 2.18. The van der Waals surface area contributed by atoms with Crippen molar-refractivity contribution < 1.29 is 13.2 Å². The Bertz CT molecular complexity index is 962. The summed E-state index contributed by atoms with van der Waals surface area (Å²) < 4.78 is 28.0. The van der Waals surface area contributed by atoms with Gasteiger partial charge in [0.25, 0.3) is 10.0 Å². The number of hydrogen-bond donors (Lipinski definition) is 2. The summed E-state index contributed by atoms with van der Waals surface area (Å²) in [5.41, 5.74) is 1.86. The molecule has 2 amide bonds. The number of aryl methyl sites for hydroxylation is 1. The second kappa shape index (κ2) is 5.73. The van der Waals surface area contributed by atoms with E-state index in [1.54, 1.807) is 47.3 Å². The van der Waals surface area contributed by atoms with E-state index < -0.39 is 16.1 Å². The minimum Gasteiger partial charge on any atom is -0.305 e. The summed E-state index contributed by atoms with van der Waals surface area (Å²) in [5.74, 6) is 0. The van der Waals surface area contributed by atoms with Crippen LogP contribution in [0.1, 0.15) is 5.56 Å². The van der Waals surface area contributed by atoms with Gasteiger partial charge in [-0.1, -0.05) is 17.7 Å². The average molecular weight is 330 g/mol. The molecule has 0 spiro atoms. The number of rotatable bonds is 3. The molecule has 0 unspecified atom stereocenters. The van der Waals surface area contributed by atoms with Crippen molar-refractivity contribution >= 4 is 27.4 Å². The van der Waals surface area contributed by atoms with Gasteiger partial charge in [0.05, 0.1) is 10.6 Å². The lowest BCUT2D eigenvalue weighted by molar-refractivity contribution is 0.256. The number of nitrogens with one attached hydrogen (secondary N) is 2. The fourth-order valence-electron chi connectivity index (χ4n) is 2.09. The Balaban J connectivity index is 1.79. The van der Waals surface area contributed by atoms with Gasteiger partial charge in [-0.25, -0.2) is 22.9 Å². The molecule has 0 aliphatic heterocycles. The first-order valence-corrected chi connectivity index (χ1v) is 8.26. The number of nitrogens with zero attached hydrogens (tertiary/aromatic N) is 2. The zero-order valence-corrected chi connectivity index (χ0v) is 13.0. The Labute approximate surface area is 133 Å². The number of urea groups is 1. The molecule has 0 radical (unpaired) electrons. The Morgan fingerprint density at radius 1 is 1.13 bits per heavy atom. The van der Waals surface area contributed by atoms with E-state index in [1.165, 1.54) is 12.1 Å². The zero-order valence-electron chi connectivity index (χ0n) is 12.2. The highest BCUT2D eigenvalue weighted by molar-refractivity contribution is 7.90. The molecule has 0 saturated carbocycles. The number of fused-ring (bicyclic) bond motifs is 1. The van der Waals surface area contributed by atoms with E-state index in [-0.39, 0.29) is 4.90 Å². The number of pyridine rings is 1. The summed E-state index contributed by atoms with van der Waals surface area (Å²) >= 11 is 0. The summed E-state index contributed by atoms with van der Waals surface area (Å²) in [4.78, 5) is 16.1. The fourth-order valence-corrected chi connectivity index (χ4v) is 3.00. The van der Waals surface area contributed by atoms with Crippen LogP contribution in [0.4, 0.5) is 10.5 Å². The normalized spacial score (nSPS) is 11.3. The van der Waals surface area contributed by atoms with Gasteiger partial charge >= 0.3 is 6.03 Å². The lowest BCUT2D eigenvalue weighted by Crippen LogP contribution is -2.34. The summed E-state index contributed by atoms with van der Waals surface area (Å²) in [5, 5.41) is 2.50. The number of carbonyl (C=O) groups excluding carboxylic acids is 1. The number of carbonyl (C=O) groups is 1. The minimum absolute atomic E-state index is 0.0252. The van der Waals surface area contributed by atoms with E-state index in [1.807, 2.05) is 11.6 Å². The molecule has 0 fully saturated rings. The highest BCUT2D eigenvalue weighted by Crippen LogP contribution is 2.15. The maximum Gasteiger partial charge on any atom is 0.333 e. The molecule has 0 aliphatic carbocycles. The maximum atomic E-state index is 12.2. The van der Waals surface area contributed by atoms with Crippen LogP contribution in [0.15, 0.2) is 59.9 Å².